The van der Waals surface area contributed by atoms with Crippen LogP contribution in [0.2, 0.25) is 0 Å². The van der Waals surface area contributed by atoms with Gasteiger partial charge in [-0.05, 0) is 13.0 Å². The third kappa shape index (κ3) is 9.09. The van der Waals surface area contributed by atoms with Crippen molar-refractivity contribution in [3.05, 3.63) is 0 Å². The summed E-state index contributed by atoms with van der Waals surface area (Å²) >= 11 is 0. The van der Waals surface area contributed by atoms with Gasteiger partial charge in [0.05, 0.1) is 25.9 Å². The summed E-state index contributed by atoms with van der Waals surface area (Å²) in [6, 6.07) is -0.451. The van der Waals surface area contributed by atoms with E-state index in [-0.39, 0.29) is 18.4 Å². The maximum absolute atomic E-state index is 11.4. The minimum Gasteiger partial charge on any atom is -0.378 e. The average Bonchev–Trinajstić information content (AvgIpc) is 2.34. The largest absolute Gasteiger partial charge is 0.378 e. The minimum atomic E-state index is -0.451. The molecule has 0 saturated heterocycles. The molecular formula is C12H24N2O4. The molecule has 18 heavy (non-hydrogen) atoms. The zero-order valence-electron chi connectivity index (χ0n) is 11.4. The summed E-state index contributed by atoms with van der Waals surface area (Å²) in [7, 11) is 1.85. The van der Waals surface area contributed by atoms with E-state index >= 15 is 0 Å². The first-order valence-electron chi connectivity index (χ1n) is 6.16. The second-order valence-corrected chi connectivity index (χ2v) is 4.24. The number of hydrogen-bond donors (Lipinski definition) is 2. The monoisotopic (exact) mass is 260 g/mol. The van der Waals surface area contributed by atoms with Crippen LogP contribution in [0, 0.1) is 5.92 Å². The van der Waals surface area contributed by atoms with Crippen molar-refractivity contribution in [2.24, 2.45) is 5.92 Å². The molecular weight excluding hydrogens is 236 g/mol. The summed E-state index contributed by atoms with van der Waals surface area (Å²) in [6.07, 6.45) is 0.740. The molecule has 0 bridgehead atoms. The van der Waals surface area contributed by atoms with Crippen LogP contribution < -0.4 is 10.6 Å². The first-order valence-corrected chi connectivity index (χ1v) is 6.16. The summed E-state index contributed by atoms with van der Waals surface area (Å²) in [5.41, 5.74) is 0. The molecule has 1 atom stereocenters. The topological polar surface area (TPSA) is 76.7 Å². The smallest absolute Gasteiger partial charge is 0.246 e. The quantitative estimate of drug-likeness (QED) is 0.390. The second-order valence-electron chi connectivity index (χ2n) is 4.24. The number of carbonyl (C=O) groups excluding carboxylic acids is 2. The zero-order valence-corrected chi connectivity index (χ0v) is 11.4. The number of aldehydes is 1. The molecule has 0 saturated carbocycles. The van der Waals surface area contributed by atoms with E-state index in [1.54, 1.807) is 0 Å². The Bertz CT molecular complexity index is 234. The number of hydrogen-bond acceptors (Lipinski definition) is 5. The standard InChI is InChI=1S/C12H24N2O4/c1-10(2)11(8-15)14-12(16)9-18-7-6-17-5-4-13-3/h8,10-11,13H,4-7,9H2,1-3H3,(H,14,16)/t11-/m1/s1. The fraction of sp³-hybridized carbons (Fsp3) is 0.833. The van der Waals surface area contributed by atoms with E-state index in [1.807, 2.05) is 20.9 Å². The molecule has 0 unspecified atom stereocenters. The summed E-state index contributed by atoms with van der Waals surface area (Å²) in [6.45, 7) is 5.92. The van der Waals surface area contributed by atoms with Crippen LogP contribution in [0.1, 0.15) is 13.8 Å². The van der Waals surface area contributed by atoms with Gasteiger partial charge in [-0.25, -0.2) is 0 Å². The van der Waals surface area contributed by atoms with E-state index < -0.39 is 6.04 Å². The lowest BCUT2D eigenvalue weighted by Gasteiger charge is -2.16. The molecule has 0 spiro atoms. The lowest BCUT2D eigenvalue weighted by Crippen LogP contribution is -2.41. The van der Waals surface area contributed by atoms with Crippen molar-refractivity contribution in [3.8, 4) is 0 Å². The predicted molar refractivity (Wildman–Crippen MR) is 68.4 cm³/mol. The molecule has 0 aliphatic rings. The molecule has 0 aliphatic heterocycles. The fourth-order valence-corrected chi connectivity index (χ4v) is 1.14. The number of ether oxygens (including phenoxy) is 2. The van der Waals surface area contributed by atoms with Gasteiger partial charge in [0.1, 0.15) is 12.9 Å². The molecule has 0 rings (SSSR count). The predicted octanol–water partition coefficient (Wildman–Crippen LogP) is -0.421. The minimum absolute atomic E-state index is 0.0492. The molecule has 2 N–H and O–H groups in total. The van der Waals surface area contributed by atoms with Crippen molar-refractivity contribution in [1.29, 1.82) is 0 Å². The van der Waals surface area contributed by atoms with E-state index in [9.17, 15) is 9.59 Å². The first kappa shape index (κ1) is 17.0. The van der Waals surface area contributed by atoms with Crippen LogP contribution in [0.4, 0.5) is 0 Å². The van der Waals surface area contributed by atoms with Crippen LogP contribution >= 0.6 is 0 Å². The Morgan fingerprint density at radius 1 is 1.22 bits per heavy atom. The van der Waals surface area contributed by atoms with Crippen molar-refractivity contribution in [3.63, 3.8) is 0 Å². The van der Waals surface area contributed by atoms with E-state index in [2.05, 4.69) is 10.6 Å². The Balaban J connectivity index is 3.50. The van der Waals surface area contributed by atoms with Crippen molar-refractivity contribution >= 4 is 12.2 Å². The summed E-state index contributed by atoms with van der Waals surface area (Å²) < 4.78 is 10.3. The third-order valence-electron chi connectivity index (χ3n) is 2.29. The molecule has 6 nitrogen and oxygen atoms in total. The summed E-state index contributed by atoms with van der Waals surface area (Å²) in [5.74, 6) is -0.202. The Hall–Kier alpha value is -0.980. The second kappa shape index (κ2) is 11.1. The van der Waals surface area contributed by atoms with Gasteiger partial charge in [0.2, 0.25) is 5.91 Å². The molecule has 0 radical (unpaired) electrons. The summed E-state index contributed by atoms with van der Waals surface area (Å²) in [5, 5.41) is 5.55. The molecule has 0 aromatic rings. The normalized spacial score (nSPS) is 12.4. The van der Waals surface area contributed by atoms with Gasteiger partial charge < -0.3 is 24.9 Å². The molecule has 106 valence electrons. The number of nitrogens with one attached hydrogen (secondary N) is 2. The molecule has 0 aliphatic carbocycles. The summed E-state index contributed by atoms with van der Waals surface area (Å²) in [4.78, 5) is 22.1. The van der Waals surface area contributed by atoms with Gasteiger partial charge in [-0.2, -0.15) is 0 Å². The molecule has 1 amide bonds. The first-order chi connectivity index (χ1) is 8.61. The third-order valence-corrected chi connectivity index (χ3v) is 2.29. The van der Waals surface area contributed by atoms with E-state index in [1.165, 1.54) is 0 Å². The number of amides is 1. The van der Waals surface area contributed by atoms with Crippen LogP contribution in [-0.2, 0) is 19.1 Å². The van der Waals surface area contributed by atoms with Gasteiger partial charge in [0.25, 0.3) is 0 Å². The highest BCUT2D eigenvalue weighted by Crippen LogP contribution is 1.97. The van der Waals surface area contributed by atoms with Crippen LogP contribution in [0.3, 0.4) is 0 Å². The van der Waals surface area contributed by atoms with Gasteiger partial charge in [0.15, 0.2) is 0 Å². The highest BCUT2D eigenvalue weighted by Gasteiger charge is 2.14. The fourth-order valence-electron chi connectivity index (χ4n) is 1.14. The highest BCUT2D eigenvalue weighted by molar-refractivity contribution is 5.80. The van der Waals surface area contributed by atoms with Gasteiger partial charge in [-0.3, -0.25) is 4.79 Å². The SMILES string of the molecule is CNCCOCCOCC(=O)N[C@H](C=O)C(C)C. The molecule has 6 heteroatoms. The van der Waals surface area contributed by atoms with E-state index in [0.29, 0.717) is 19.8 Å². The lowest BCUT2D eigenvalue weighted by atomic mass is 10.1. The maximum atomic E-state index is 11.4. The van der Waals surface area contributed by atoms with Crippen molar-refractivity contribution < 1.29 is 19.1 Å². The Morgan fingerprint density at radius 3 is 2.44 bits per heavy atom. The average molecular weight is 260 g/mol. The molecule has 0 aromatic heterocycles. The van der Waals surface area contributed by atoms with Crippen molar-refractivity contribution in [2.75, 3.05) is 40.0 Å². The van der Waals surface area contributed by atoms with Crippen LogP contribution in [0.5, 0.6) is 0 Å². The Labute approximate surface area is 108 Å². The van der Waals surface area contributed by atoms with Crippen LogP contribution in [0.15, 0.2) is 0 Å². The van der Waals surface area contributed by atoms with Crippen molar-refractivity contribution in [2.45, 2.75) is 19.9 Å². The number of likely N-dealkylation sites (N-methyl/N-ethyl adjacent to an activating group) is 1. The van der Waals surface area contributed by atoms with Crippen LogP contribution in [0.25, 0.3) is 0 Å². The number of rotatable bonds is 11. The van der Waals surface area contributed by atoms with E-state index in [4.69, 9.17) is 9.47 Å². The molecule has 0 fully saturated rings. The maximum Gasteiger partial charge on any atom is 0.246 e. The Morgan fingerprint density at radius 2 is 1.89 bits per heavy atom. The highest BCUT2D eigenvalue weighted by atomic mass is 16.5. The Kier molecular flexibility index (Phi) is 10.5. The van der Waals surface area contributed by atoms with Crippen LogP contribution in [-0.4, -0.2) is 58.3 Å². The zero-order chi connectivity index (χ0) is 13.8. The molecule has 0 heterocycles. The van der Waals surface area contributed by atoms with E-state index in [0.717, 1.165) is 12.8 Å². The molecule has 0 aromatic carbocycles. The van der Waals surface area contributed by atoms with Crippen molar-refractivity contribution in [1.82, 2.24) is 10.6 Å². The van der Waals surface area contributed by atoms with Gasteiger partial charge in [0, 0.05) is 6.54 Å². The van der Waals surface area contributed by atoms with Gasteiger partial charge >= 0.3 is 0 Å². The number of carbonyl (C=O) groups is 2. The van der Waals surface area contributed by atoms with Gasteiger partial charge in [-0.1, -0.05) is 13.8 Å². The van der Waals surface area contributed by atoms with Gasteiger partial charge in [-0.15, -0.1) is 0 Å². The lowest BCUT2D eigenvalue weighted by molar-refractivity contribution is -0.129.